The van der Waals surface area contributed by atoms with Crippen LogP contribution >= 0.6 is 0 Å². The molecule has 2 unspecified atom stereocenters. The number of hydrogen-bond donors (Lipinski definition) is 2. The Morgan fingerprint density at radius 1 is 1.03 bits per heavy atom. The minimum Gasteiger partial charge on any atom is -0.383 e. The van der Waals surface area contributed by atoms with Gasteiger partial charge in [0.25, 0.3) is 5.91 Å². The van der Waals surface area contributed by atoms with Gasteiger partial charge in [-0.1, -0.05) is 13.8 Å². The summed E-state index contributed by atoms with van der Waals surface area (Å²) in [4.78, 5) is 32.3. The zero-order valence-electron chi connectivity index (χ0n) is 23.5. The van der Waals surface area contributed by atoms with Gasteiger partial charge in [0.2, 0.25) is 5.91 Å². The number of nitrogens with one attached hydrogen (secondary N) is 1. The molecule has 218 valence electrons. The molecule has 10 nitrogen and oxygen atoms in total. The van der Waals surface area contributed by atoms with Gasteiger partial charge < -0.3 is 19.4 Å². The summed E-state index contributed by atoms with van der Waals surface area (Å²) >= 11 is 0. The molecule has 0 bridgehead atoms. The Morgan fingerprint density at radius 3 is 2.15 bits per heavy atom. The fourth-order valence-corrected chi connectivity index (χ4v) is 8.58. The van der Waals surface area contributed by atoms with Crippen LogP contribution in [0, 0.1) is 17.8 Å². The predicted molar refractivity (Wildman–Crippen MR) is 148 cm³/mol. The van der Waals surface area contributed by atoms with Gasteiger partial charge in [0.15, 0.2) is 14.6 Å². The van der Waals surface area contributed by atoms with E-state index in [1.807, 2.05) is 0 Å². The molecule has 2 atom stereocenters. The van der Waals surface area contributed by atoms with Crippen LogP contribution in [0.15, 0.2) is 29.2 Å². The first-order valence-electron chi connectivity index (χ1n) is 14.2. The van der Waals surface area contributed by atoms with Crippen LogP contribution in [-0.2, 0) is 24.2 Å². The number of rotatable bonds is 8. The topological polar surface area (TPSA) is 119 Å². The second kappa shape index (κ2) is 12.5. The van der Waals surface area contributed by atoms with Crippen molar-refractivity contribution >= 4 is 27.3 Å². The zero-order valence-corrected chi connectivity index (χ0v) is 24.3. The van der Waals surface area contributed by atoms with E-state index in [1.165, 1.54) is 6.42 Å². The highest BCUT2D eigenvalue weighted by atomic mass is 32.2. The summed E-state index contributed by atoms with van der Waals surface area (Å²) in [7, 11) is -2.46. The van der Waals surface area contributed by atoms with Gasteiger partial charge in [-0.05, 0) is 68.2 Å². The molecule has 39 heavy (non-hydrogen) atoms. The Hall–Kier alpha value is -2.21. The largest absolute Gasteiger partial charge is 0.383 e. The molecule has 3 aliphatic heterocycles. The van der Waals surface area contributed by atoms with Crippen molar-refractivity contribution in [2.24, 2.45) is 17.8 Å². The highest BCUT2D eigenvalue weighted by Gasteiger charge is 2.53. The van der Waals surface area contributed by atoms with E-state index >= 15 is 0 Å². The van der Waals surface area contributed by atoms with Crippen molar-refractivity contribution in [2.45, 2.75) is 55.6 Å². The van der Waals surface area contributed by atoms with E-state index in [0.717, 1.165) is 44.7 Å². The Bertz CT molecular complexity index is 1090. The van der Waals surface area contributed by atoms with Crippen molar-refractivity contribution in [2.75, 3.05) is 64.4 Å². The number of amides is 2. The third-order valence-electron chi connectivity index (χ3n) is 8.84. The maximum atomic E-state index is 13.8. The lowest BCUT2D eigenvalue weighted by Crippen LogP contribution is -2.58. The van der Waals surface area contributed by atoms with Crippen molar-refractivity contribution < 1.29 is 28.0 Å². The van der Waals surface area contributed by atoms with Gasteiger partial charge in [-0.15, -0.1) is 0 Å². The van der Waals surface area contributed by atoms with Crippen LogP contribution in [0.5, 0.6) is 0 Å². The van der Waals surface area contributed by atoms with E-state index < -0.39 is 20.5 Å². The highest BCUT2D eigenvalue weighted by molar-refractivity contribution is 7.93. The SMILES string of the molecule is COCCN1CCC(C(=O)NO)(S(=O)(=O)c2ccc(N3CCC(C(=O)N4CC(C)CC(C)C4)CC3)cc2)CC1. The summed E-state index contributed by atoms with van der Waals surface area (Å²) in [6, 6.07) is 6.67. The molecular weight excluding hydrogens is 520 g/mol. The number of carbonyl (C=O) groups is 2. The number of methoxy groups -OCH3 is 1. The van der Waals surface area contributed by atoms with Crippen molar-refractivity contribution in [3.05, 3.63) is 24.3 Å². The predicted octanol–water partition coefficient (Wildman–Crippen LogP) is 2.17. The molecule has 0 saturated carbocycles. The molecule has 3 heterocycles. The molecular formula is C28H44N4O6S. The van der Waals surface area contributed by atoms with Crippen LogP contribution in [0.25, 0.3) is 0 Å². The van der Waals surface area contributed by atoms with Gasteiger partial charge in [0.05, 0.1) is 11.5 Å². The third kappa shape index (κ3) is 6.26. The van der Waals surface area contributed by atoms with E-state index in [2.05, 4.69) is 28.5 Å². The average molecular weight is 565 g/mol. The summed E-state index contributed by atoms with van der Waals surface area (Å²) in [5.74, 6) is 0.499. The number of sulfone groups is 1. The van der Waals surface area contributed by atoms with Gasteiger partial charge in [-0.2, -0.15) is 0 Å². The number of anilines is 1. The first-order valence-corrected chi connectivity index (χ1v) is 15.6. The number of carbonyl (C=O) groups excluding carboxylic acids is 2. The molecule has 2 N–H and O–H groups in total. The van der Waals surface area contributed by atoms with Crippen molar-refractivity contribution in [3.63, 3.8) is 0 Å². The summed E-state index contributed by atoms with van der Waals surface area (Å²) in [5.41, 5.74) is 2.51. The minimum atomic E-state index is -4.07. The molecule has 0 aromatic heterocycles. The number of benzene rings is 1. The number of ether oxygens (including phenoxy) is 1. The van der Waals surface area contributed by atoms with Crippen molar-refractivity contribution in [1.29, 1.82) is 0 Å². The molecule has 0 radical (unpaired) electrons. The molecule has 3 aliphatic rings. The Morgan fingerprint density at radius 2 is 1.62 bits per heavy atom. The highest BCUT2D eigenvalue weighted by Crippen LogP contribution is 2.37. The van der Waals surface area contributed by atoms with Crippen LogP contribution in [0.4, 0.5) is 5.69 Å². The Labute approximate surface area is 232 Å². The molecule has 3 fully saturated rings. The van der Waals surface area contributed by atoms with E-state index in [0.29, 0.717) is 38.1 Å². The maximum Gasteiger partial charge on any atom is 0.265 e. The normalized spacial score (nSPS) is 24.9. The maximum absolute atomic E-state index is 13.8. The zero-order chi connectivity index (χ0) is 28.2. The average Bonchev–Trinajstić information content (AvgIpc) is 2.95. The van der Waals surface area contributed by atoms with Crippen LogP contribution in [0.1, 0.15) is 46.0 Å². The second-order valence-corrected chi connectivity index (χ2v) is 14.0. The minimum absolute atomic E-state index is 0.0324. The third-order valence-corrected chi connectivity index (χ3v) is 11.4. The molecule has 2 amide bonds. The van der Waals surface area contributed by atoms with E-state index in [1.54, 1.807) is 36.9 Å². The first-order chi connectivity index (χ1) is 18.6. The van der Waals surface area contributed by atoms with Gasteiger partial charge in [-0.25, -0.2) is 13.9 Å². The molecule has 0 aliphatic carbocycles. The molecule has 3 saturated heterocycles. The summed E-state index contributed by atoms with van der Waals surface area (Å²) in [6.07, 6.45) is 2.90. The Balaban J connectivity index is 1.40. The molecule has 0 spiro atoms. The number of hydroxylamine groups is 1. The van der Waals surface area contributed by atoms with Gasteiger partial charge in [0, 0.05) is 64.5 Å². The Kier molecular flexibility index (Phi) is 9.57. The van der Waals surface area contributed by atoms with E-state index in [4.69, 9.17) is 4.74 Å². The lowest BCUT2D eigenvalue weighted by atomic mass is 9.89. The van der Waals surface area contributed by atoms with Crippen molar-refractivity contribution in [1.82, 2.24) is 15.3 Å². The lowest BCUT2D eigenvalue weighted by molar-refractivity contribution is -0.139. The number of likely N-dealkylation sites (tertiary alicyclic amines) is 2. The quantitative estimate of drug-likeness (QED) is 0.364. The fourth-order valence-electron chi connectivity index (χ4n) is 6.63. The van der Waals surface area contributed by atoms with Gasteiger partial charge in [0.1, 0.15) is 0 Å². The molecule has 11 heteroatoms. The first kappa shape index (κ1) is 29.8. The standard InChI is InChI=1S/C28H44N4O6S/c1-21-18-22(2)20-32(19-21)26(33)23-8-12-31(13-9-23)24-4-6-25(7-5-24)39(36,37)28(27(34)29-35)10-14-30(15-11-28)16-17-38-3/h4-7,21-23,35H,8-20H2,1-3H3,(H,29,34). The van der Waals surface area contributed by atoms with E-state index in [9.17, 15) is 23.2 Å². The number of nitrogens with zero attached hydrogens (tertiary/aromatic N) is 3. The summed E-state index contributed by atoms with van der Waals surface area (Å²) in [5, 5.41) is 9.42. The van der Waals surface area contributed by atoms with Crippen molar-refractivity contribution in [3.8, 4) is 0 Å². The lowest BCUT2D eigenvalue weighted by Gasteiger charge is -2.40. The summed E-state index contributed by atoms with van der Waals surface area (Å²) in [6.45, 7) is 9.59. The number of piperidine rings is 3. The second-order valence-electron chi connectivity index (χ2n) is 11.7. The van der Waals surface area contributed by atoms with Gasteiger partial charge >= 0.3 is 0 Å². The fraction of sp³-hybridized carbons (Fsp3) is 0.714. The van der Waals surface area contributed by atoms with Crippen LogP contribution in [0.3, 0.4) is 0 Å². The van der Waals surface area contributed by atoms with Crippen LogP contribution < -0.4 is 10.4 Å². The molecule has 4 rings (SSSR count). The van der Waals surface area contributed by atoms with Gasteiger partial charge in [-0.3, -0.25) is 14.8 Å². The van der Waals surface area contributed by atoms with Crippen LogP contribution in [-0.4, -0.2) is 99.5 Å². The monoisotopic (exact) mass is 564 g/mol. The summed E-state index contributed by atoms with van der Waals surface area (Å²) < 4.78 is 30.9. The van der Waals surface area contributed by atoms with Crippen LogP contribution in [0.2, 0.25) is 0 Å². The smallest absolute Gasteiger partial charge is 0.265 e. The number of hydrogen-bond acceptors (Lipinski definition) is 8. The molecule has 1 aromatic rings. The molecule has 1 aromatic carbocycles. The van der Waals surface area contributed by atoms with E-state index in [-0.39, 0.29) is 29.6 Å².